The van der Waals surface area contributed by atoms with Gasteiger partial charge in [0.25, 0.3) is 0 Å². The van der Waals surface area contributed by atoms with Crippen LogP contribution in [0.1, 0.15) is 6.42 Å². The van der Waals surface area contributed by atoms with E-state index >= 15 is 0 Å². The summed E-state index contributed by atoms with van der Waals surface area (Å²) >= 11 is 0. The van der Waals surface area contributed by atoms with Crippen LogP contribution in [0.2, 0.25) is 0 Å². The maximum Gasteiger partial charge on any atom is 0.108 e. The Hall–Kier alpha value is -2.28. The zero-order chi connectivity index (χ0) is 17.8. The second-order valence-electron chi connectivity index (χ2n) is 6.80. The largest absolute Gasteiger partial charge is 0.381 e. The molecule has 4 rings (SSSR count). The Labute approximate surface area is 154 Å². The van der Waals surface area contributed by atoms with Crippen molar-refractivity contribution < 1.29 is 4.74 Å². The van der Waals surface area contributed by atoms with E-state index in [4.69, 9.17) is 10.6 Å². The SMILES string of the molecule is NN(CCC1=CC2=C(C=CCN2)C(N2CCOCC2)N1)c1ccccc1. The van der Waals surface area contributed by atoms with E-state index in [2.05, 4.69) is 33.8 Å². The number of nitrogens with two attached hydrogens (primary N) is 1. The van der Waals surface area contributed by atoms with Gasteiger partial charge in [0, 0.05) is 49.6 Å². The lowest BCUT2D eigenvalue weighted by Crippen LogP contribution is -2.53. The van der Waals surface area contributed by atoms with Crippen molar-refractivity contribution in [3.8, 4) is 0 Å². The Bertz CT molecular complexity index is 706. The Morgan fingerprint density at radius 1 is 1.19 bits per heavy atom. The molecule has 1 aromatic carbocycles. The fraction of sp³-hybridized carbons (Fsp3) is 0.400. The van der Waals surface area contributed by atoms with Crippen LogP contribution in [0, 0.1) is 0 Å². The summed E-state index contributed by atoms with van der Waals surface area (Å²) in [7, 11) is 0. The number of allylic oxidation sites excluding steroid dienone is 1. The first-order chi connectivity index (χ1) is 12.8. The minimum Gasteiger partial charge on any atom is -0.381 e. The summed E-state index contributed by atoms with van der Waals surface area (Å²) in [6, 6.07) is 10.1. The number of anilines is 1. The summed E-state index contributed by atoms with van der Waals surface area (Å²) in [6.07, 6.45) is 7.72. The van der Waals surface area contributed by atoms with Crippen LogP contribution in [-0.4, -0.2) is 50.5 Å². The average molecular weight is 353 g/mol. The fourth-order valence-electron chi connectivity index (χ4n) is 3.65. The van der Waals surface area contributed by atoms with Crippen molar-refractivity contribution in [1.82, 2.24) is 15.5 Å². The van der Waals surface area contributed by atoms with Gasteiger partial charge in [-0.3, -0.25) is 4.90 Å². The standard InChI is InChI=1S/C20H27N5O/c21-25(17-5-2-1-3-6-17)10-8-16-15-19-18(7-4-9-22-19)20(23-16)24-11-13-26-14-12-24/h1-7,15,20,22-23H,8-14,21H2. The molecule has 1 unspecified atom stereocenters. The van der Waals surface area contributed by atoms with Gasteiger partial charge in [-0.2, -0.15) is 0 Å². The molecule has 3 aliphatic rings. The van der Waals surface area contributed by atoms with E-state index in [0.717, 1.165) is 51.5 Å². The summed E-state index contributed by atoms with van der Waals surface area (Å²) in [5.74, 6) is 6.23. The lowest BCUT2D eigenvalue weighted by Gasteiger charge is -2.40. The van der Waals surface area contributed by atoms with E-state index in [1.165, 1.54) is 17.0 Å². The lowest BCUT2D eigenvalue weighted by molar-refractivity contribution is 0.0189. The number of hydrogen-bond donors (Lipinski definition) is 3. The minimum absolute atomic E-state index is 0.195. The molecule has 4 N–H and O–H groups in total. The number of morpholine rings is 1. The third kappa shape index (κ3) is 3.77. The molecule has 0 spiro atoms. The first-order valence-electron chi connectivity index (χ1n) is 9.32. The van der Waals surface area contributed by atoms with Gasteiger partial charge in [-0.05, 0) is 18.2 Å². The van der Waals surface area contributed by atoms with Crippen LogP contribution in [-0.2, 0) is 4.74 Å². The number of hydrogen-bond acceptors (Lipinski definition) is 6. The van der Waals surface area contributed by atoms with Crippen LogP contribution in [0.5, 0.6) is 0 Å². The van der Waals surface area contributed by atoms with Gasteiger partial charge in [0.15, 0.2) is 0 Å². The number of benzene rings is 1. The predicted molar refractivity (Wildman–Crippen MR) is 104 cm³/mol. The van der Waals surface area contributed by atoms with E-state index in [-0.39, 0.29) is 6.17 Å². The number of dihydropyridines is 2. The molecular weight excluding hydrogens is 326 g/mol. The average Bonchev–Trinajstić information content (AvgIpc) is 2.72. The van der Waals surface area contributed by atoms with Crippen molar-refractivity contribution in [3.05, 3.63) is 65.5 Å². The third-order valence-corrected chi connectivity index (χ3v) is 5.07. The van der Waals surface area contributed by atoms with Crippen LogP contribution in [0.15, 0.2) is 65.5 Å². The molecule has 0 saturated carbocycles. The lowest BCUT2D eigenvalue weighted by atomic mass is 10.00. The summed E-state index contributed by atoms with van der Waals surface area (Å²) in [5.41, 5.74) is 4.79. The molecule has 1 aromatic rings. The first-order valence-corrected chi connectivity index (χ1v) is 9.32. The van der Waals surface area contributed by atoms with E-state index < -0.39 is 0 Å². The molecule has 0 bridgehead atoms. The van der Waals surface area contributed by atoms with Crippen LogP contribution >= 0.6 is 0 Å². The van der Waals surface area contributed by atoms with E-state index in [9.17, 15) is 0 Å². The molecule has 0 radical (unpaired) electrons. The summed E-state index contributed by atoms with van der Waals surface area (Å²) < 4.78 is 5.52. The van der Waals surface area contributed by atoms with Crippen molar-refractivity contribution in [3.63, 3.8) is 0 Å². The number of hydrazine groups is 1. The quantitative estimate of drug-likeness (QED) is 0.548. The second-order valence-corrected chi connectivity index (χ2v) is 6.80. The normalized spacial score (nSPS) is 23.0. The van der Waals surface area contributed by atoms with Crippen molar-refractivity contribution in [2.45, 2.75) is 12.6 Å². The molecule has 0 aliphatic carbocycles. The molecule has 1 saturated heterocycles. The zero-order valence-corrected chi connectivity index (χ0v) is 15.0. The number of rotatable bonds is 5. The van der Waals surface area contributed by atoms with Crippen molar-refractivity contribution in [2.24, 2.45) is 5.84 Å². The van der Waals surface area contributed by atoms with Crippen LogP contribution < -0.4 is 21.5 Å². The molecular formula is C20H27N5O. The molecule has 6 heteroatoms. The zero-order valence-electron chi connectivity index (χ0n) is 15.0. The molecule has 0 amide bonds. The topological polar surface area (TPSA) is 65.8 Å². The highest BCUT2D eigenvalue weighted by atomic mass is 16.5. The van der Waals surface area contributed by atoms with Crippen molar-refractivity contribution in [2.75, 3.05) is 44.4 Å². The van der Waals surface area contributed by atoms with Gasteiger partial charge >= 0.3 is 0 Å². The van der Waals surface area contributed by atoms with Crippen molar-refractivity contribution >= 4 is 5.69 Å². The minimum atomic E-state index is 0.195. The monoisotopic (exact) mass is 353 g/mol. The van der Waals surface area contributed by atoms with Gasteiger partial charge in [-0.1, -0.05) is 30.4 Å². The van der Waals surface area contributed by atoms with Gasteiger partial charge in [-0.25, -0.2) is 5.84 Å². The summed E-state index contributed by atoms with van der Waals surface area (Å²) in [5, 5.41) is 9.05. The molecule has 26 heavy (non-hydrogen) atoms. The molecule has 1 atom stereocenters. The van der Waals surface area contributed by atoms with Crippen molar-refractivity contribution in [1.29, 1.82) is 0 Å². The molecule has 6 nitrogen and oxygen atoms in total. The van der Waals surface area contributed by atoms with Crippen LogP contribution in [0.25, 0.3) is 0 Å². The Balaban J connectivity index is 1.47. The highest BCUT2D eigenvalue weighted by molar-refractivity contribution is 5.46. The van der Waals surface area contributed by atoms with Gasteiger partial charge < -0.3 is 20.4 Å². The smallest absolute Gasteiger partial charge is 0.108 e. The van der Waals surface area contributed by atoms with Crippen LogP contribution in [0.4, 0.5) is 5.69 Å². The van der Waals surface area contributed by atoms with Gasteiger partial charge in [0.1, 0.15) is 6.17 Å². The van der Waals surface area contributed by atoms with Gasteiger partial charge in [-0.15, -0.1) is 0 Å². The first kappa shape index (κ1) is 17.1. The Morgan fingerprint density at radius 2 is 2.00 bits per heavy atom. The molecule has 0 aromatic heterocycles. The van der Waals surface area contributed by atoms with E-state index in [1.54, 1.807) is 0 Å². The van der Waals surface area contributed by atoms with Gasteiger partial charge in [0.05, 0.1) is 18.9 Å². The Kier molecular flexibility index (Phi) is 5.24. The second kappa shape index (κ2) is 7.95. The van der Waals surface area contributed by atoms with E-state index in [0.29, 0.717) is 0 Å². The maximum absolute atomic E-state index is 6.23. The maximum atomic E-state index is 6.23. The summed E-state index contributed by atoms with van der Waals surface area (Å²) in [4.78, 5) is 2.46. The molecule has 138 valence electrons. The van der Waals surface area contributed by atoms with Gasteiger partial charge in [0.2, 0.25) is 0 Å². The number of nitrogens with one attached hydrogen (secondary N) is 2. The number of para-hydroxylation sites is 1. The fourth-order valence-corrected chi connectivity index (χ4v) is 3.65. The molecule has 3 heterocycles. The predicted octanol–water partition coefficient (Wildman–Crippen LogP) is 1.32. The summed E-state index contributed by atoms with van der Waals surface area (Å²) in [6.45, 7) is 5.12. The number of ether oxygens (including phenoxy) is 1. The molecule has 1 fully saturated rings. The highest BCUT2D eigenvalue weighted by Gasteiger charge is 2.29. The highest BCUT2D eigenvalue weighted by Crippen LogP contribution is 2.25. The molecule has 3 aliphatic heterocycles. The van der Waals surface area contributed by atoms with E-state index in [1.807, 2.05) is 35.3 Å². The van der Waals surface area contributed by atoms with Crippen LogP contribution in [0.3, 0.4) is 0 Å². The Morgan fingerprint density at radius 3 is 2.81 bits per heavy atom. The third-order valence-electron chi connectivity index (χ3n) is 5.07. The number of nitrogens with zero attached hydrogens (tertiary/aromatic N) is 2.